The first-order valence-corrected chi connectivity index (χ1v) is 10.0. The Hall–Kier alpha value is -3.36. The third-order valence-electron chi connectivity index (χ3n) is 3.91. The number of carbonyl (C=O) groups is 1. The number of amidine groups is 1. The van der Waals surface area contributed by atoms with Gasteiger partial charge in [-0.05, 0) is 43.7 Å². The molecule has 11 heteroatoms. The van der Waals surface area contributed by atoms with Gasteiger partial charge in [-0.3, -0.25) is 15.2 Å². The molecule has 0 aliphatic carbocycles. The van der Waals surface area contributed by atoms with E-state index in [1.54, 1.807) is 13.8 Å². The monoisotopic (exact) mass is 461 g/mol. The standard InChI is InChI=1S/C21H21F2N5O3S/c1-21(2,30)6-4-5-12-7-13(14-8-16(18(22)23)27-10-17(14)31-3)15(9-26-12)19(29)28-20(25)32-11-24/h7-11,18,24,30H,6H2,1-3H3,(H2,25,28,29). The number of hydrogen-bond donors (Lipinski definition) is 4. The van der Waals surface area contributed by atoms with Crippen LogP contribution in [0.1, 0.15) is 48.4 Å². The Morgan fingerprint density at radius 3 is 2.66 bits per heavy atom. The highest BCUT2D eigenvalue weighted by Crippen LogP contribution is 2.34. The minimum absolute atomic E-state index is 0.0157. The zero-order valence-corrected chi connectivity index (χ0v) is 18.3. The molecule has 0 bridgehead atoms. The van der Waals surface area contributed by atoms with Gasteiger partial charge in [0.1, 0.15) is 17.1 Å². The van der Waals surface area contributed by atoms with Gasteiger partial charge in [0.25, 0.3) is 12.3 Å². The number of thioether (sulfide) groups is 1. The molecule has 168 valence electrons. The number of carbonyl (C=O) groups excluding carboxylic acids is 1. The van der Waals surface area contributed by atoms with Gasteiger partial charge in [-0.1, -0.05) is 5.92 Å². The van der Waals surface area contributed by atoms with Crippen molar-refractivity contribution in [2.75, 3.05) is 7.11 Å². The van der Waals surface area contributed by atoms with E-state index in [1.807, 2.05) is 0 Å². The fourth-order valence-electron chi connectivity index (χ4n) is 2.49. The molecule has 2 rings (SSSR count). The molecule has 0 saturated carbocycles. The van der Waals surface area contributed by atoms with Gasteiger partial charge in [-0.15, -0.1) is 0 Å². The van der Waals surface area contributed by atoms with Gasteiger partial charge in [0.2, 0.25) is 0 Å². The van der Waals surface area contributed by atoms with Crippen LogP contribution >= 0.6 is 11.8 Å². The first-order valence-electron chi connectivity index (χ1n) is 9.15. The van der Waals surface area contributed by atoms with Crippen molar-refractivity contribution in [1.82, 2.24) is 15.3 Å². The summed E-state index contributed by atoms with van der Waals surface area (Å²) in [5, 5.41) is 26.5. The number of amides is 1. The number of aliphatic hydroxyl groups is 1. The lowest BCUT2D eigenvalue weighted by Crippen LogP contribution is -2.28. The summed E-state index contributed by atoms with van der Waals surface area (Å²) in [4.78, 5) is 20.5. The average molecular weight is 461 g/mol. The third-order valence-corrected chi connectivity index (χ3v) is 4.37. The van der Waals surface area contributed by atoms with Crippen LogP contribution in [0.25, 0.3) is 11.1 Å². The molecule has 0 saturated heterocycles. The maximum absolute atomic E-state index is 13.3. The van der Waals surface area contributed by atoms with E-state index in [-0.39, 0.29) is 39.7 Å². The summed E-state index contributed by atoms with van der Waals surface area (Å²) in [6.45, 7) is 3.20. The molecule has 2 heterocycles. The number of nitrogens with one attached hydrogen (secondary N) is 3. The topological polar surface area (TPSA) is 132 Å². The summed E-state index contributed by atoms with van der Waals surface area (Å²) >= 11 is 0.679. The van der Waals surface area contributed by atoms with E-state index >= 15 is 0 Å². The average Bonchev–Trinajstić information content (AvgIpc) is 2.72. The first kappa shape index (κ1) is 24.9. The van der Waals surface area contributed by atoms with Gasteiger partial charge < -0.3 is 20.6 Å². The predicted molar refractivity (Wildman–Crippen MR) is 118 cm³/mol. The van der Waals surface area contributed by atoms with Gasteiger partial charge in [0.15, 0.2) is 5.17 Å². The van der Waals surface area contributed by atoms with Crippen LogP contribution in [-0.4, -0.2) is 44.4 Å². The number of alkyl halides is 2. The number of pyridine rings is 2. The number of ether oxygens (including phenoxy) is 1. The molecule has 0 aromatic carbocycles. The van der Waals surface area contributed by atoms with Crippen molar-refractivity contribution in [2.45, 2.75) is 32.3 Å². The molecule has 1 amide bonds. The Labute approximate surface area is 187 Å². The lowest BCUT2D eigenvalue weighted by molar-refractivity contribution is 0.0862. The molecule has 0 aliphatic heterocycles. The summed E-state index contributed by atoms with van der Waals surface area (Å²) in [5.41, 5.74) is -0.0560. The Bertz CT molecular complexity index is 1090. The van der Waals surface area contributed by atoms with Crippen molar-refractivity contribution in [3.8, 4) is 28.7 Å². The molecule has 4 N–H and O–H groups in total. The maximum atomic E-state index is 13.3. The van der Waals surface area contributed by atoms with Crippen LogP contribution < -0.4 is 10.1 Å². The number of nitrogens with zero attached hydrogens (tertiary/aromatic N) is 2. The normalized spacial score (nSPS) is 10.8. The van der Waals surface area contributed by atoms with Gasteiger partial charge in [-0.25, -0.2) is 13.8 Å². The zero-order valence-electron chi connectivity index (χ0n) is 17.5. The largest absolute Gasteiger partial charge is 0.494 e. The number of aromatic nitrogens is 2. The fourth-order valence-corrected chi connectivity index (χ4v) is 2.76. The van der Waals surface area contributed by atoms with Crippen molar-refractivity contribution in [1.29, 1.82) is 10.8 Å². The van der Waals surface area contributed by atoms with Crippen LogP contribution in [0.5, 0.6) is 5.75 Å². The Balaban J connectivity index is 2.63. The predicted octanol–water partition coefficient (Wildman–Crippen LogP) is 3.61. The van der Waals surface area contributed by atoms with Gasteiger partial charge in [0, 0.05) is 23.7 Å². The lowest BCUT2D eigenvalue weighted by atomic mass is 9.99. The summed E-state index contributed by atoms with van der Waals surface area (Å²) in [5.74, 6) is 4.99. The van der Waals surface area contributed by atoms with Crippen LogP contribution in [0, 0.1) is 22.7 Å². The molecule has 2 aromatic rings. The second kappa shape index (κ2) is 10.8. The van der Waals surface area contributed by atoms with E-state index in [4.69, 9.17) is 15.6 Å². The molecule has 0 atom stereocenters. The van der Waals surface area contributed by atoms with Crippen LogP contribution in [0.2, 0.25) is 0 Å². The molecule has 2 aromatic heterocycles. The molecular weight excluding hydrogens is 440 g/mol. The summed E-state index contributed by atoms with van der Waals surface area (Å²) < 4.78 is 31.8. The minimum atomic E-state index is -2.85. The van der Waals surface area contributed by atoms with Crippen LogP contribution in [0.15, 0.2) is 24.5 Å². The number of methoxy groups -OCH3 is 1. The van der Waals surface area contributed by atoms with Crippen LogP contribution in [0.4, 0.5) is 8.78 Å². The van der Waals surface area contributed by atoms with Crippen LogP contribution in [-0.2, 0) is 0 Å². The first-order chi connectivity index (χ1) is 15.1. The summed E-state index contributed by atoms with van der Waals surface area (Å²) in [7, 11) is 1.34. The molecule has 0 unspecified atom stereocenters. The van der Waals surface area contributed by atoms with Gasteiger partial charge >= 0.3 is 0 Å². The molecule has 0 radical (unpaired) electrons. The highest BCUT2D eigenvalue weighted by Gasteiger charge is 2.21. The molecule has 0 fully saturated rings. The molecule has 32 heavy (non-hydrogen) atoms. The van der Waals surface area contributed by atoms with E-state index < -0.39 is 23.6 Å². The lowest BCUT2D eigenvalue weighted by Gasteiger charge is -2.14. The van der Waals surface area contributed by atoms with E-state index in [0.717, 1.165) is 17.8 Å². The van der Waals surface area contributed by atoms with Crippen molar-refractivity contribution in [2.24, 2.45) is 0 Å². The Morgan fingerprint density at radius 2 is 2.06 bits per heavy atom. The highest BCUT2D eigenvalue weighted by atomic mass is 32.2. The fraction of sp³-hybridized carbons (Fsp3) is 0.286. The van der Waals surface area contributed by atoms with Gasteiger partial charge in [0.05, 0.1) is 30.0 Å². The van der Waals surface area contributed by atoms with Crippen molar-refractivity contribution < 1.29 is 23.4 Å². The van der Waals surface area contributed by atoms with Crippen molar-refractivity contribution >= 4 is 28.4 Å². The number of hydrogen-bond acceptors (Lipinski definition) is 8. The molecule has 0 spiro atoms. The Morgan fingerprint density at radius 1 is 1.34 bits per heavy atom. The van der Waals surface area contributed by atoms with Crippen LogP contribution in [0.3, 0.4) is 0 Å². The molecule has 8 nitrogen and oxygen atoms in total. The summed E-state index contributed by atoms with van der Waals surface area (Å²) in [6.07, 6.45) is -0.339. The zero-order chi connectivity index (χ0) is 23.9. The number of rotatable bonds is 6. The van der Waals surface area contributed by atoms with E-state index in [1.165, 1.54) is 19.4 Å². The second-order valence-electron chi connectivity index (χ2n) is 7.04. The SMILES string of the molecule is COc1cnc(C(F)F)cc1-c1cc(C#CCC(C)(C)O)ncc1C(=O)NC(=N)SC=N. The smallest absolute Gasteiger partial charge is 0.280 e. The summed E-state index contributed by atoms with van der Waals surface area (Å²) in [6, 6.07) is 2.55. The highest BCUT2D eigenvalue weighted by molar-refractivity contribution is 8.24. The van der Waals surface area contributed by atoms with Crippen molar-refractivity contribution in [3.63, 3.8) is 0 Å². The number of halogens is 2. The second-order valence-corrected chi connectivity index (χ2v) is 7.91. The van der Waals surface area contributed by atoms with E-state index in [2.05, 4.69) is 27.1 Å². The van der Waals surface area contributed by atoms with Crippen molar-refractivity contribution in [3.05, 3.63) is 41.5 Å². The maximum Gasteiger partial charge on any atom is 0.280 e. The molecular formula is C21H21F2N5O3S. The minimum Gasteiger partial charge on any atom is -0.494 e. The quantitative estimate of drug-likeness (QED) is 0.295. The Kier molecular flexibility index (Phi) is 8.40. The van der Waals surface area contributed by atoms with Gasteiger partial charge in [-0.2, -0.15) is 0 Å². The van der Waals surface area contributed by atoms with E-state index in [0.29, 0.717) is 11.8 Å². The third kappa shape index (κ3) is 6.83. The van der Waals surface area contributed by atoms with E-state index in [9.17, 15) is 18.7 Å². The molecule has 0 aliphatic rings.